The molecule has 0 radical (unpaired) electrons. The summed E-state index contributed by atoms with van der Waals surface area (Å²) in [6, 6.07) is 0. The highest BCUT2D eigenvalue weighted by Gasteiger charge is 1.90. The van der Waals surface area contributed by atoms with Gasteiger partial charge in [0.05, 0.1) is 13.7 Å². The molecular formula is C6H12N2O2. The van der Waals surface area contributed by atoms with Crippen LogP contribution in [-0.4, -0.2) is 18.8 Å². The Morgan fingerprint density at radius 3 is 2.60 bits per heavy atom. The van der Waals surface area contributed by atoms with Gasteiger partial charge in [0.25, 0.3) is 0 Å². The number of nitrogens with two attached hydrogens (primary N) is 2. The van der Waals surface area contributed by atoms with Crippen molar-refractivity contribution in [3.63, 3.8) is 0 Å². The fourth-order valence-electron chi connectivity index (χ4n) is 0.403. The van der Waals surface area contributed by atoms with Gasteiger partial charge in [0.1, 0.15) is 5.76 Å². The number of hydrogen-bond donors (Lipinski definition) is 3. The van der Waals surface area contributed by atoms with Crippen LogP contribution in [0.2, 0.25) is 0 Å². The van der Waals surface area contributed by atoms with Crippen LogP contribution in [-0.2, 0) is 4.74 Å². The molecule has 0 aromatic heterocycles. The summed E-state index contributed by atoms with van der Waals surface area (Å²) in [6.45, 7) is -0.194. The highest BCUT2D eigenvalue weighted by molar-refractivity contribution is 5.15. The number of allylic oxidation sites excluding steroid dienone is 1. The molecule has 0 saturated heterocycles. The average molecular weight is 144 g/mol. The number of methoxy groups -OCH3 is 1. The van der Waals surface area contributed by atoms with E-state index in [2.05, 4.69) is 0 Å². The first-order chi connectivity index (χ1) is 4.74. The minimum atomic E-state index is -0.194. The first kappa shape index (κ1) is 8.84. The second-order valence-electron chi connectivity index (χ2n) is 1.65. The first-order valence-electron chi connectivity index (χ1n) is 2.77. The highest BCUT2D eigenvalue weighted by atomic mass is 16.5. The van der Waals surface area contributed by atoms with Crippen molar-refractivity contribution >= 4 is 0 Å². The van der Waals surface area contributed by atoms with E-state index in [0.29, 0.717) is 11.5 Å². The molecule has 10 heavy (non-hydrogen) atoms. The quantitative estimate of drug-likeness (QED) is 0.360. The topological polar surface area (TPSA) is 81.5 Å². The van der Waals surface area contributed by atoms with Crippen LogP contribution in [0.25, 0.3) is 0 Å². The summed E-state index contributed by atoms with van der Waals surface area (Å²) in [5, 5.41) is 8.46. The molecule has 0 spiro atoms. The summed E-state index contributed by atoms with van der Waals surface area (Å²) >= 11 is 0. The number of aliphatic hydroxyl groups is 1. The van der Waals surface area contributed by atoms with E-state index in [1.165, 1.54) is 19.4 Å². The Balaban J connectivity index is 4.08. The van der Waals surface area contributed by atoms with Crippen molar-refractivity contribution in [3.8, 4) is 0 Å². The minimum Gasteiger partial charge on any atom is -0.495 e. The molecule has 0 rings (SSSR count). The summed E-state index contributed by atoms with van der Waals surface area (Å²) in [7, 11) is 1.47. The summed E-state index contributed by atoms with van der Waals surface area (Å²) in [5.74, 6) is 0.437. The molecule has 58 valence electrons. The first-order valence-corrected chi connectivity index (χ1v) is 2.77. The van der Waals surface area contributed by atoms with Gasteiger partial charge in [0.2, 0.25) is 0 Å². The molecule has 0 fully saturated rings. The fourth-order valence-corrected chi connectivity index (χ4v) is 0.403. The minimum absolute atomic E-state index is 0.194. The Morgan fingerprint density at radius 1 is 1.70 bits per heavy atom. The van der Waals surface area contributed by atoms with E-state index in [4.69, 9.17) is 21.3 Å². The summed E-state index contributed by atoms with van der Waals surface area (Å²) in [4.78, 5) is 0. The Morgan fingerprint density at radius 2 is 2.30 bits per heavy atom. The van der Waals surface area contributed by atoms with Crippen molar-refractivity contribution in [2.24, 2.45) is 11.5 Å². The van der Waals surface area contributed by atoms with Crippen LogP contribution in [0.15, 0.2) is 23.7 Å². The number of ether oxygens (including phenoxy) is 1. The van der Waals surface area contributed by atoms with Gasteiger partial charge >= 0.3 is 0 Å². The maximum atomic E-state index is 8.46. The lowest BCUT2D eigenvalue weighted by Crippen LogP contribution is -2.03. The molecule has 0 unspecified atom stereocenters. The zero-order chi connectivity index (χ0) is 7.98. The fraction of sp³-hybridized carbons (Fsp3) is 0.333. The average Bonchev–Trinajstić information content (AvgIpc) is 1.99. The van der Waals surface area contributed by atoms with Crippen LogP contribution in [0.5, 0.6) is 0 Å². The molecule has 0 aromatic carbocycles. The van der Waals surface area contributed by atoms with Crippen LogP contribution in [0.3, 0.4) is 0 Å². The SMILES string of the molecule is COC(/C=C(\N)CO)=C/N. The van der Waals surface area contributed by atoms with E-state index >= 15 is 0 Å². The molecule has 4 heteroatoms. The van der Waals surface area contributed by atoms with Gasteiger partial charge < -0.3 is 21.3 Å². The smallest absolute Gasteiger partial charge is 0.136 e. The zero-order valence-corrected chi connectivity index (χ0v) is 5.87. The van der Waals surface area contributed by atoms with Gasteiger partial charge in [-0.15, -0.1) is 0 Å². The van der Waals surface area contributed by atoms with Gasteiger partial charge in [-0.1, -0.05) is 0 Å². The Bertz CT molecular complexity index is 152. The van der Waals surface area contributed by atoms with E-state index in [1.807, 2.05) is 0 Å². The van der Waals surface area contributed by atoms with E-state index in [-0.39, 0.29) is 6.61 Å². The molecule has 4 nitrogen and oxygen atoms in total. The van der Waals surface area contributed by atoms with Crippen molar-refractivity contribution < 1.29 is 9.84 Å². The Kier molecular flexibility index (Phi) is 4.15. The van der Waals surface area contributed by atoms with Crippen molar-refractivity contribution in [2.75, 3.05) is 13.7 Å². The molecule has 5 N–H and O–H groups in total. The normalized spacial score (nSPS) is 13.4. The standard InChI is InChI=1S/C6H12N2O2/c1-10-6(3-7)2-5(8)4-9/h2-3,9H,4,7-8H2,1H3/b5-2-,6-3+. The van der Waals surface area contributed by atoms with Crippen molar-refractivity contribution in [1.82, 2.24) is 0 Å². The molecule has 0 atom stereocenters. The number of hydrogen-bond acceptors (Lipinski definition) is 4. The molecule has 0 aliphatic carbocycles. The van der Waals surface area contributed by atoms with Gasteiger partial charge in [-0.05, 0) is 0 Å². The van der Waals surface area contributed by atoms with Gasteiger partial charge in [-0.3, -0.25) is 0 Å². The molecular weight excluding hydrogens is 132 g/mol. The lowest BCUT2D eigenvalue weighted by atomic mass is 10.4. The zero-order valence-electron chi connectivity index (χ0n) is 5.87. The summed E-state index contributed by atoms with van der Waals surface area (Å²) in [5.41, 5.74) is 10.7. The van der Waals surface area contributed by atoms with Crippen molar-refractivity contribution in [1.29, 1.82) is 0 Å². The highest BCUT2D eigenvalue weighted by Crippen LogP contribution is 1.96. The molecule has 0 bridgehead atoms. The lowest BCUT2D eigenvalue weighted by molar-refractivity contribution is 0.300. The molecule has 0 saturated carbocycles. The van der Waals surface area contributed by atoms with Crippen LogP contribution in [0.4, 0.5) is 0 Å². The molecule has 0 amide bonds. The Hall–Kier alpha value is -1.16. The van der Waals surface area contributed by atoms with Crippen molar-refractivity contribution in [2.45, 2.75) is 0 Å². The summed E-state index contributed by atoms with van der Waals surface area (Å²) < 4.78 is 4.74. The third kappa shape index (κ3) is 2.99. The van der Waals surface area contributed by atoms with Gasteiger partial charge in [0.15, 0.2) is 0 Å². The van der Waals surface area contributed by atoms with Crippen LogP contribution in [0.1, 0.15) is 0 Å². The van der Waals surface area contributed by atoms with Crippen LogP contribution in [0, 0.1) is 0 Å². The van der Waals surface area contributed by atoms with Crippen LogP contribution >= 0.6 is 0 Å². The molecule has 0 heterocycles. The number of aliphatic hydroxyl groups excluding tert-OH is 1. The monoisotopic (exact) mass is 144 g/mol. The largest absolute Gasteiger partial charge is 0.495 e. The van der Waals surface area contributed by atoms with Crippen LogP contribution < -0.4 is 11.5 Å². The predicted octanol–water partition coefficient (Wildman–Crippen LogP) is -0.732. The maximum absolute atomic E-state index is 8.46. The Labute approximate surface area is 59.8 Å². The van der Waals surface area contributed by atoms with Gasteiger partial charge in [-0.25, -0.2) is 0 Å². The van der Waals surface area contributed by atoms with E-state index < -0.39 is 0 Å². The summed E-state index contributed by atoms with van der Waals surface area (Å²) in [6.07, 6.45) is 2.72. The maximum Gasteiger partial charge on any atom is 0.136 e. The van der Waals surface area contributed by atoms with E-state index in [1.54, 1.807) is 0 Å². The van der Waals surface area contributed by atoms with E-state index in [9.17, 15) is 0 Å². The molecule has 0 aromatic rings. The molecule has 0 aliphatic heterocycles. The third-order valence-electron chi connectivity index (χ3n) is 0.910. The second-order valence-corrected chi connectivity index (χ2v) is 1.65. The van der Waals surface area contributed by atoms with E-state index in [0.717, 1.165) is 0 Å². The van der Waals surface area contributed by atoms with Crippen molar-refractivity contribution in [3.05, 3.63) is 23.7 Å². The lowest BCUT2D eigenvalue weighted by Gasteiger charge is -1.99. The predicted molar refractivity (Wildman–Crippen MR) is 38.6 cm³/mol. The van der Waals surface area contributed by atoms with Gasteiger partial charge in [-0.2, -0.15) is 0 Å². The molecule has 0 aliphatic rings. The van der Waals surface area contributed by atoms with Gasteiger partial charge in [0, 0.05) is 18.0 Å². The second kappa shape index (κ2) is 4.69. The number of rotatable bonds is 3. The third-order valence-corrected chi connectivity index (χ3v) is 0.910.